The zero-order valence-electron chi connectivity index (χ0n) is 16.3. The third-order valence-corrected chi connectivity index (χ3v) is 5.11. The molecule has 0 fully saturated rings. The molecule has 148 valence electrons. The molecule has 2 aromatic rings. The minimum Gasteiger partial charge on any atom is -0.496 e. The van der Waals surface area contributed by atoms with Crippen molar-refractivity contribution in [3.05, 3.63) is 42.0 Å². The van der Waals surface area contributed by atoms with Crippen LogP contribution in [-0.2, 0) is 10.3 Å². The monoisotopic (exact) mass is 383 g/mol. The summed E-state index contributed by atoms with van der Waals surface area (Å²) in [7, 11) is 1.60. The van der Waals surface area contributed by atoms with E-state index in [-0.39, 0.29) is 5.91 Å². The number of hydrogen-bond acceptors (Lipinski definition) is 5. The van der Waals surface area contributed by atoms with Gasteiger partial charge in [-0.25, -0.2) is 4.68 Å². The number of aryl methyl sites for hydroxylation is 1. The molecule has 0 radical (unpaired) electrons. The second kappa shape index (κ2) is 7.38. The molecule has 4 N–H and O–H groups in total. The number of nitrogens with two attached hydrogens (primary N) is 1. The van der Waals surface area contributed by atoms with Crippen molar-refractivity contribution >= 4 is 17.6 Å². The van der Waals surface area contributed by atoms with Gasteiger partial charge in [-0.1, -0.05) is 18.7 Å². The lowest BCUT2D eigenvalue weighted by molar-refractivity contribution is -0.116. The van der Waals surface area contributed by atoms with Crippen molar-refractivity contribution in [2.75, 3.05) is 25.5 Å². The molecule has 1 aromatic carbocycles. The first-order valence-corrected chi connectivity index (χ1v) is 9.03. The number of primary amides is 1. The first-order valence-electron chi connectivity index (χ1n) is 9.03. The predicted octanol–water partition coefficient (Wildman–Crippen LogP) is 1.80. The molecule has 0 saturated carbocycles. The zero-order chi connectivity index (χ0) is 20.5. The Hall–Kier alpha value is -3.29. The average molecular weight is 383 g/mol. The van der Waals surface area contributed by atoms with Gasteiger partial charge < -0.3 is 21.1 Å². The minimum absolute atomic E-state index is 0.257. The summed E-state index contributed by atoms with van der Waals surface area (Å²) in [6, 6.07) is 5.64. The SMILES string of the molecule is C=CC(=O)NCC1(C)CCNc2c(C(N)=O)c(-c3ccc(C)c(OC)c3)nn21. The number of amides is 2. The number of aromatic nitrogens is 2. The van der Waals surface area contributed by atoms with Gasteiger partial charge in [0.1, 0.15) is 22.8 Å². The lowest BCUT2D eigenvalue weighted by Crippen LogP contribution is -2.47. The number of ether oxygens (including phenoxy) is 1. The van der Waals surface area contributed by atoms with E-state index in [0.717, 1.165) is 11.1 Å². The van der Waals surface area contributed by atoms with Gasteiger partial charge in [-0.05, 0) is 38.0 Å². The highest BCUT2D eigenvalue weighted by atomic mass is 16.5. The molecule has 2 amide bonds. The van der Waals surface area contributed by atoms with Gasteiger partial charge in [0.25, 0.3) is 5.91 Å². The number of nitrogens with zero attached hydrogens (tertiary/aromatic N) is 2. The number of nitrogens with one attached hydrogen (secondary N) is 2. The summed E-state index contributed by atoms with van der Waals surface area (Å²) in [6.45, 7) is 8.38. The highest BCUT2D eigenvalue weighted by molar-refractivity contribution is 6.04. The Kier molecular flexibility index (Phi) is 5.13. The van der Waals surface area contributed by atoms with E-state index < -0.39 is 11.4 Å². The van der Waals surface area contributed by atoms with Gasteiger partial charge in [0.2, 0.25) is 5.91 Å². The van der Waals surface area contributed by atoms with E-state index in [0.29, 0.717) is 42.3 Å². The zero-order valence-corrected chi connectivity index (χ0v) is 16.3. The molecule has 1 atom stereocenters. The van der Waals surface area contributed by atoms with Crippen molar-refractivity contribution in [3.63, 3.8) is 0 Å². The maximum absolute atomic E-state index is 12.3. The highest BCUT2D eigenvalue weighted by Crippen LogP contribution is 2.37. The van der Waals surface area contributed by atoms with Crippen molar-refractivity contribution in [1.82, 2.24) is 15.1 Å². The van der Waals surface area contributed by atoms with Crippen LogP contribution < -0.4 is 21.1 Å². The van der Waals surface area contributed by atoms with Crippen LogP contribution in [0.15, 0.2) is 30.9 Å². The van der Waals surface area contributed by atoms with E-state index in [2.05, 4.69) is 17.2 Å². The van der Waals surface area contributed by atoms with E-state index in [1.54, 1.807) is 11.8 Å². The van der Waals surface area contributed by atoms with E-state index in [1.807, 2.05) is 32.0 Å². The van der Waals surface area contributed by atoms with Crippen molar-refractivity contribution < 1.29 is 14.3 Å². The standard InChI is InChI=1S/C20H25N5O3/c1-5-15(26)23-11-20(3)8-9-22-19-16(18(21)27)17(24-25(19)20)13-7-6-12(2)14(10-13)28-4/h5-7,10,22H,1,8-9,11H2,2-4H3,(H2,21,27)(H,23,26). The smallest absolute Gasteiger partial charge is 0.254 e. The molecule has 1 aliphatic heterocycles. The van der Waals surface area contributed by atoms with E-state index in [9.17, 15) is 9.59 Å². The van der Waals surface area contributed by atoms with Crippen LogP contribution in [0.3, 0.4) is 0 Å². The van der Waals surface area contributed by atoms with Gasteiger partial charge in [0.15, 0.2) is 0 Å². The van der Waals surface area contributed by atoms with Gasteiger partial charge in [0.05, 0.1) is 12.6 Å². The molecule has 1 unspecified atom stereocenters. The third kappa shape index (κ3) is 3.33. The fourth-order valence-electron chi connectivity index (χ4n) is 3.44. The average Bonchev–Trinajstić information content (AvgIpc) is 3.08. The number of rotatable bonds is 6. The van der Waals surface area contributed by atoms with Crippen molar-refractivity contribution in [3.8, 4) is 17.0 Å². The summed E-state index contributed by atoms with van der Waals surface area (Å²) >= 11 is 0. The van der Waals surface area contributed by atoms with Gasteiger partial charge in [-0.3, -0.25) is 9.59 Å². The van der Waals surface area contributed by atoms with E-state index in [1.165, 1.54) is 6.08 Å². The topological polar surface area (TPSA) is 111 Å². The largest absolute Gasteiger partial charge is 0.496 e. The molecule has 3 rings (SSSR count). The number of carbonyl (C=O) groups excluding carboxylic acids is 2. The lowest BCUT2D eigenvalue weighted by atomic mass is 9.95. The molecule has 0 spiro atoms. The molecule has 28 heavy (non-hydrogen) atoms. The van der Waals surface area contributed by atoms with Crippen molar-refractivity contribution in [1.29, 1.82) is 0 Å². The van der Waals surface area contributed by atoms with Crippen LogP contribution in [0.2, 0.25) is 0 Å². The second-order valence-corrected chi connectivity index (χ2v) is 7.13. The van der Waals surface area contributed by atoms with Crippen molar-refractivity contribution in [2.24, 2.45) is 5.73 Å². The van der Waals surface area contributed by atoms with Crippen molar-refractivity contribution in [2.45, 2.75) is 25.8 Å². The Morgan fingerprint density at radius 3 is 2.89 bits per heavy atom. The number of methoxy groups -OCH3 is 1. The summed E-state index contributed by atoms with van der Waals surface area (Å²) in [5.41, 5.74) is 7.71. The first kappa shape index (κ1) is 19.5. The summed E-state index contributed by atoms with van der Waals surface area (Å²) < 4.78 is 7.16. The normalized spacial score (nSPS) is 18.0. The lowest BCUT2D eigenvalue weighted by Gasteiger charge is -2.36. The number of hydrogen-bond donors (Lipinski definition) is 3. The van der Waals surface area contributed by atoms with Gasteiger partial charge in [-0.2, -0.15) is 5.10 Å². The summed E-state index contributed by atoms with van der Waals surface area (Å²) in [5, 5.41) is 10.8. The van der Waals surface area contributed by atoms with E-state index >= 15 is 0 Å². The third-order valence-electron chi connectivity index (χ3n) is 5.11. The highest BCUT2D eigenvalue weighted by Gasteiger charge is 2.37. The molecular weight excluding hydrogens is 358 g/mol. The molecule has 1 aliphatic rings. The molecule has 0 bridgehead atoms. The predicted molar refractivity (Wildman–Crippen MR) is 107 cm³/mol. The molecule has 8 heteroatoms. The summed E-state index contributed by atoms with van der Waals surface area (Å²) in [4.78, 5) is 23.9. The summed E-state index contributed by atoms with van der Waals surface area (Å²) in [6.07, 6.45) is 1.95. The Morgan fingerprint density at radius 2 is 2.25 bits per heavy atom. The molecule has 0 aliphatic carbocycles. The molecule has 1 aromatic heterocycles. The molecule has 8 nitrogen and oxygen atoms in total. The molecule has 0 saturated heterocycles. The maximum atomic E-state index is 12.3. The number of anilines is 1. The fourth-order valence-corrected chi connectivity index (χ4v) is 3.44. The Balaban J connectivity index is 2.13. The Morgan fingerprint density at radius 1 is 1.50 bits per heavy atom. The van der Waals surface area contributed by atoms with Crippen LogP contribution in [0.1, 0.15) is 29.3 Å². The fraction of sp³-hybridized carbons (Fsp3) is 0.350. The maximum Gasteiger partial charge on any atom is 0.254 e. The molecule has 2 heterocycles. The quantitative estimate of drug-likeness (QED) is 0.659. The van der Waals surface area contributed by atoms with Crippen LogP contribution in [0.5, 0.6) is 5.75 Å². The van der Waals surface area contributed by atoms with Gasteiger partial charge in [0, 0.05) is 18.7 Å². The van der Waals surface area contributed by atoms with Crippen LogP contribution in [0.4, 0.5) is 5.82 Å². The van der Waals surface area contributed by atoms with Crippen LogP contribution in [0.25, 0.3) is 11.3 Å². The number of carbonyl (C=O) groups is 2. The number of fused-ring (bicyclic) bond motifs is 1. The minimum atomic E-state index is -0.567. The van der Waals surface area contributed by atoms with Gasteiger partial charge >= 0.3 is 0 Å². The van der Waals surface area contributed by atoms with Gasteiger partial charge in [-0.15, -0.1) is 0 Å². The van der Waals surface area contributed by atoms with E-state index in [4.69, 9.17) is 15.6 Å². The Labute approximate surface area is 163 Å². The Bertz CT molecular complexity index is 950. The number of benzene rings is 1. The second-order valence-electron chi connectivity index (χ2n) is 7.13. The summed E-state index contributed by atoms with van der Waals surface area (Å²) in [5.74, 6) is 0.436. The first-order chi connectivity index (χ1) is 13.3. The van der Waals surface area contributed by atoms with Crippen LogP contribution in [0, 0.1) is 6.92 Å². The van der Waals surface area contributed by atoms with Crippen LogP contribution in [-0.4, -0.2) is 41.8 Å². The molecular formula is C20H25N5O3. The van der Waals surface area contributed by atoms with Crippen LogP contribution >= 0.6 is 0 Å².